The van der Waals surface area contributed by atoms with Gasteiger partial charge in [0.15, 0.2) is 10.4 Å². The van der Waals surface area contributed by atoms with Crippen molar-refractivity contribution in [1.82, 2.24) is 0 Å². The van der Waals surface area contributed by atoms with Gasteiger partial charge in [-0.15, -0.1) is 0 Å². The average Bonchev–Trinajstić information content (AvgIpc) is 2.69. The summed E-state index contributed by atoms with van der Waals surface area (Å²) in [4.78, 5) is 22.3. The second kappa shape index (κ2) is 7.20. The second-order valence-corrected chi connectivity index (χ2v) is 4.68. The van der Waals surface area contributed by atoms with Crippen LogP contribution in [0.3, 0.4) is 0 Å². The van der Waals surface area contributed by atoms with Crippen LogP contribution >= 0.6 is 22.6 Å². The van der Waals surface area contributed by atoms with Gasteiger partial charge in [0.2, 0.25) is 0 Å². The molecule has 0 saturated heterocycles. The molecule has 0 unspecified atom stereocenters. The van der Waals surface area contributed by atoms with E-state index >= 15 is 0 Å². The van der Waals surface area contributed by atoms with Crippen LogP contribution < -0.4 is 0 Å². The van der Waals surface area contributed by atoms with Gasteiger partial charge in [0, 0.05) is 6.08 Å². The molecule has 6 heteroatoms. The van der Waals surface area contributed by atoms with Crippen LogP contribution in [0.15, 0.2) is 22.6 Å². The fourth-order valence-corrected chi connectivity index (χ4v) is 1.48. The van der Waals surface area contributed by atoms with Gasteiger partial charge in [-0.2, -0.15) is 0 Å². The van der Waals surface area contributed by atoms with Crippen LogP contribution in [0.5, 0.6) is 0 Å². The molecule has 0 aromatic carbocycles. The standard InChI is InChI=1S/C12H13IO5/c1-8(2)17-12(15)7-16-11(14)6-4-9-3-5-10(13)18-9/h3-6,8H,7H2,1-2H3/b6-4+. The van der Waals surface area contributed by atoms with E-state index < -0.39 is 18.5 Å². The van der Waals surface area contributed by atoms with Crippen molar-refractivity contribution in [2.45, 2.75) is 20.0 Å². The van der Waals surface area contributed by atoms with Crippen LogP contribution in [0.25, 0.3) is 6.08 Å². The highest BCUT2D eigenvalue weighted by Crippen LogP contribution is 2.11. The summed E-state index contributed by atoms with van der Waals surface area (Å²) in [6, 6.07) is 3.49. The predicted octanol–water partition coefficient (Wildman–Crippen LogP) is 2.39. The van der Waals surface area contributed by atoms with Gasteiger partial charge in [-0.05, 0) is 54.6 Å². The molecular weight excluding hydrogens is 351 g/mol. The Morgan fingerprint density at radius 3 is 2.72 bits per heavy atom. The zero-order chi connectivity index (χ0) is 13.5. The molecule has 0 aliphatic carbocycles. The highest BCUT2D eigenvalue weighted by atomic mass is 127. The number of furan rings is 1. The van der Waals surface area contributed by atoms with E-state index in [-0.39, 0.29) is 6.10 Å². The van der Waals surface area contributed by atoms with Crippen LogP contribution in [0.4, 0.5) is 0 Å². The Labute approximate surface area is 118 Å². The first-order valence-electron chi connectivity index (χ1n) is 5.27. The maximum Gasteiger partial charge on any atom is 0.344 e. The number of hydrogen-bond acceptors (Lipinski definition) is 5. The molecule has 0 spiro atoms. The molecule has 0 radical (unpaired) electrons. The van der Waals surface area contributed by atoms with Crippen LogP contribution in [-0.2, 0) is 19.1 Å². The highest BCUT2D eigenvalue weighted by molar-refractivity contribution is 14.1. The van der Waals surface area contributed by atoms with E-state index in [1.807, 2.05) is 22.6 Å². The van der Waals surface area contributed by atoms with E-state index in [9.17, 15) is 9.59 Å². The van der Waals surface area contributed by atoms with E-state index in [2.05, 4.69) is 4.74 Å². The lowest BCUT2D eigenvalue weighted by Gasteiger charge is -2.07. The minimum absolute atomic E-state index is 0.225. The van der Waals surface area contributed by atoms with Gasteiger partial charge < -0.3 is 13.9 Å². The van der Waals surface area contributed by atoms with E-state index in [0.717, 1.165) is 3.77 Å². The van der Waals surface area contributed by atoms with Crippen LogP contribution in [-0.4, -0.2) is 24.6 Å². The molecule has 0 atom stereocenters. The third-order valence-electron chi connectivity index (χ3n) is 1.68. The summed E-state index contributed by atoms with van der Waals surface area (Å²) in [5.74, 6) is -0.650. The van der Waals surface area contributed by atoms with Crippen molar-refractivity contribution < 1.29 is 23.5 Å². The molecule has 0 aliphatic heterocycles. The maximum absolute atomic E-state index is 11.3. The van der Waals surface area contributed by atoms with Crippen molar-refractivity contribution in [1.29, 1.82) is 0 Å². The van der Waals surface area contributed by atoms with E-state index in [1.165, 1.54) is 12.2 Å². The normalized spacial score (nSPS) is 10.9. The molecule has 0 fully saturated rings. The highest BCUT2D eigenvalue weighted by Gasteiger charge is 2.08. The van der Waals surface area contributed by atoms with E-state index in [4.69, 9.17) is 9.15 Å². The van der Waals surface area contributed by atoms with Crippen molar-refractivity contribution >= 4 is 40.6 Å². The molecule has 1 heterocycles. The van der Waals surface area contributed by atoms with Crippen molar-refractivity contribution in [2.75, 3.05) is 6.61 Å². The predicted molar refractivity (Wildman–Crippen MR) is 72.6 cm³/mol. The Balaban J connectivity index is 2.33. The van der Waals surface area contributed by atoms with Crippen molar-refractivity contribution in [3.05, 3.63) is 27.7 Å². The number of rotatable bonds is 5. The number of halogens is 1. The quantitative estimate of drug-likeness (QED) is 0.456. The summed E-state index contributed by atoms with van der Waals surface area (Å²) in [6.45, 7) is 3.05. The maximum atomic E-state index is 11.3. The van der Waals surface area contributed by atoms with Crippen LogP contribution in [0.1, 0.15) is 19.6 Å². The lowest BCUT2D eigenvalue weighted by atomic mass is 10.4. The van der Waals surface area contributed by atoms with Crippen LogP contribution in [0.2, 0.25) is 0 Å². The molecule has 98 valence electrons. The third kappa shape index (κ3) is 5.85. The van der Waals surface area contributed by atoms with Crippen LogP contribution in [0, 0.1) is 3.77 Å². The molecule has 5 nitrogen and oxygen atoms in total. The zero-order valence-corrected chi connectivity index (χ0v) is 12.2. The topological polar surface area (TPSA) is 65.7 Å². The van der Waals surface area contributed by atoms with Crippen molar-refractivity contribution in [3.63, 3.8) is 0 Å². The fourth-order valence-electron chi connectivity index (χ4n) is 1.04. The molecule has 1 rings (SSSR count). The van der Waals surface area contributed by atoms with Crippen molar-refractivity contribution in [2.24, 2.45) is 0 Å². The summed E-state index contributed by atoms with van der Waals surface area (Å²) in [5, 5.41) is 0. The number of carbonyl (C=O) groups is 2. The summed E-state index contributed by atoms with van der Waals surface area (Å²) < 4.78 is 15.4. The van der Waals surface area contributed by atoms with Gasteiger partial charge in [-0.1, -0.05) is 0 Å². The molecule has 18 heavy (non-hydrogen) atoms. The molecular formula is C12H13IO5. The monoisotopic (exact) mass is 364 g/mol. The minimum atomic E-state index is -0.623. The Morgan fingerprint density at radius 2 is 2.17 bits per heavy atom. The molecule has 1 aromatic rings. The average molecular weight is 364 g/mol. The SMILES string of the molecule is CC(C)OC(=O)COC(=O)/C=C/c1ccc(I)o1. The molecule has 0 bridgehead atoms. The molecule has 0 aliphatic rings. The zero-order valence-electron chi connectivity index (χ0n) is 10.0. The van der Waals surface area contributed by atoms with Gasteiger partial charge in [-0.3, -0.25) is 0 Å². The van der Waals surface area contributed by atoms with Gasteiger partial charge in [0.1, 0.15) is 5.76 Å². The van der Waals surface area contributed by atoms with Gasteiger partial charge in [-0.25, -0.2) is 9.59 Å². The number of ether oxygens (including phenoxy) is 2. The van der Waals surface area contributed by atoms with Gasteiger partial charge >= 0.3 is 11.9 Å². The lowest BCUT2D eigenvalue weighted by Crippen LogP contribution is -2.18. The Kier molecular flexibility index (Phi) is 5.90. The van der Waals surface area contributed by atoms with Crippen molar-refractivity contribution in [3.8, 4) is 0 Å². The van der Waals surface area contributed by atoms with Gasteiger partial charge in [0.25, 0.3) is 0 Å². The fraction of sp³-hybridized carbons (Fsp3) is 0.333. The summed E-state index contributed by atoms with van der Waals surface area (Å²) in [5.41, 5.74) is 0. The Hall–Kier alpha value is -1.31. The molecule has 0 N–H and O–H groups in total. The Morgan fingerprint density at radius 1 is 1.44 bits per heavy atom. The third-order valence-corrected chi connectivity index (χ3v) is 2.26. The summed E-state index contributed by atoms with van der Waals surface area (Å²) in [6.07, 6.45) is 2.44. The summed E-state index contributed by atoms with van der Waals surface area (Å²) >= 11 is 2.02. The number of carbonyl (C=O) groups excluding carboxylic acids is 2. The lowest BCUT2D eigenvalue weighted by molar-refractivity contribution is -0.158. The van der Waals surface area contributed by atoms with E-state index in [0.29, 0.717) is 5.76 Å². The number of esters is 2. The molecule has 1 aromatic heterocycles. The second-order valence-electron chi connectivity index (χ2n) is 3.62. The largest absolute Gasteiger partial charge is 0.460 e. The smallest absolute Gasteiger partial charge is 0.344 e. The molecule has 0 amide bonds. The minimum Gasteiger partial charge on any atom is -0.460 e. The molecule has 0 saturated carbocycles. The first kappa shape index (κ1) is 14.7. The Bertz CT molecular complexity index is 447. The summed E-state index contributed by atoms with van der Waals surface area (Å²) in [7, 11) is 0. The van der Waals surface area contributed by atoms with E-state index in [1.54, 1.807) is 26.0 Å². The number of hydrogen-bond donors (Lipinski definition) is 0. The first-order valence-corrected chi connectivity index (χ1v) is 6.35. The van der Waals surface area contributed by atoms with Gasteiger partial charge in [0.05, 0.1) is 6.10 Å². The first-order chi connectivity index (χ1) is 8.47.